The van der Waals surface area contributed by atoms with Gasteiger partial charge in [-0.05, 0) is 18.8 Å². The highest BCUT2D eigenvalue weighted by molar-refractivity contribution is 5.82. The maximum atomic E-state index is 12.2. The van der Waals surface area contributed by atoms with Crippen LogP contribution in [-0.2, 0) is 4.79 Å². The lowest BCUT2D eigenvalue weighted by atomic mass is 9.98. The van der Waals surface area contributed by atoms with Gasteiger partial charge in [0.15, 0.2) is 0 Å². The highest BCUT2D eigenvalue weighted by atomic mass is 16.2. The monoisotopic (exact) mass is 239 g/mol. The van der Waals surface area contributed by atoms with Crippen LogP contribution in [0.3, 0.4) is 0 Å². The molecule has 2 aliphatic rings. The van der Waals surface area contributed by atoms with Gasteiger partial charge in [-0.2, -0.15) is 0 Å². The minimum Gasteiger partial charge on any atom is -0.339 e. The first-order chi connectivity index (χ1) is 8.13. The summed E-state index contributed by atoms with van der Waals surface area (Å²) in [5.74, 6) is 0.429. The van der Waals surface area contributed by atoms with Crippen molar-refractivity contribution >= 4 is 5.91 Å². The number of hydrogen-bond donors (Lipinski definition) is 1. The van der Waals surface area contributed by atoms with Gasteiger partial charge in [0.05, 0.1) is 6.04 Å². The number of nitrogens with zero attached hydrogens (tertiary/aromatic N) is 2. The molecule has 0 aromatic heterocycles. The van der Waals surface area contributed by atoms with Crippen LogP contribution in [0.4, 0.5) is 0 Å². The van der Waals surface area contributed by atoms with Crippen LogP contribution in [-0.4, -0.2) is 54.0 Å². The second-order valence-electron chi connectivity index (χ2n) is 5.50. The van der Waals surface area contributed by atoms with Crippen molar-refractivity contribution in [1.29, 1.82) is 0 Å². The topological polar surface area (TPSA) is 49.6 Å². The molecule has 1 aliphatic carbocycles. The predicted octanol–water partition coefficient (Wildman–Crippen LogP) is 0.666. The molecule has 0 aromatic rings. The van der Waals surface area contributed by atoms with Gasteiger partial charge in [-0.25, -0.2) is 0 Å². The molecule has 98 valence electrons. The maximum absolute atomic E-state index is 12.2. The number of rotatable bonds is 4. The van der Waals surface area contributed by atoms with Crippen molar-refractivity contribution in [1.82, 2.24) is 9.80 Å². The van der Waals surface area contributed by atoms with Crippen LogP contribution in [0.25, 0.3) is 0 Å². The van der Waals surface area contributed by atoms with E-state index in [2.05, 4.69) is 18.7 Å². The molecule has 1 saturated heterocycles. The molecule has 1 amide bonds. The Morgan fingerprint density at radius 2 is 1.88 bits per heavy atom. The van der Waals surface area contributed by atoms with Crippen molar-refractivity contribution < 1.29 is 4.79 Å². The van der Waals surface area contributed by atoms with Gasteiger partial charge in [0.2, 0.25) is 5.91 Å². The van der Waals surface area contributed by atoms with Gasteiger partial charge in [0.25, 0.3) is 0 Å². The first-order valence-corrected chi connectivity index (χ1v) is 6.92. The molecule has 1 unspecified atom stereocenters. The number of carbonyl (C=O) groups excluding carboxylic acids is 1. The van der Waals surface area contributed by atoms with Crippen molar-refractivity contribution in [3.63, 3.8) is 0 Å². The largest absolute Gasteiger partial charge is 0.339 e. The summed E-state index contributed by atoms with van der Waals surface area (Å²) in [7, 11) is 0. The fraction of sp³-hybridized carbons (Fsp3) is 0.923. The SMILES string of the molecule is CCC(C)[C@H](N)C(=O)N1CCN(C2CC2)CC1. The number of carbonyl (C=O) groups is 1. The highest BCUT2D eigenvalue weighted by Crippen LogP contribution is 2.27. The molecule has 0 spiro atoms. The van der Waals surface area contributed by atoms with Gasteiger partial charge in [0.1, 0.15) is 0 Å². The van der Waals surface area contributed by atoms with Crippen LogP contribution in [0.15, 0.2) is 0 Å². The number of amides is 1. The molecule has 17 heavy (non-hydrogen) atoms. The summed E-state index contributed by atoms with van der Waals surface area (Å²) in [4.78, 5) is 16.6. The van der Waals surface area contributed by atoms with Crippen molar-refractivity contribution in [2.45, 2.75) is 45.2 Å². The first-order valence-electron chi connectivity index (χ1n) is 6.92. The van der Waals surface area contributed by atoms with Crippen molar-refractivity contribution in [2.24, 2.45) is 11.7 Å². The summed E-state index contributed by atoms with van der Waals surface area (Å²) in [5.41, 5.74) is 6.00. The van der Waals surface area contributed by atoms with E-state index in [1.54, 1.807) is 0 Å². The van der Waals surface area contributed by atoms with Crippen LogP contribution in [0, 0.1) is 5.92 Å². The molecule has 2 atom stereocenters. The maximum Gasteiger partial charge on any atom is 0.239 e. The van der Waals surface area contributed by atoms with Crippen LogP contribution < -0.4 is 5.73 Å². The van der Waals surface area contributed by atoms with E-state index in [0.29, 0.717) is 0 Å². The Bertz CT molecular complexity index is 270. The molecular weight excluding hydrogens is 214 g/mol. The summed E-state index contributed by atoms with van der Waals surface area (Å²) in [6, 6.07) is 0.503. The van der Waals surface area contributed by atoms with E-state index in [9.17, 15) is 4.79 Å². The minimum atomic E-state index is -0.313. The lowest BCUT2D eigenvalue weighted by Crippen LogP contribution is -2.54. The second-order valence-corrected chi connectivity index (χ2v) is 5.50. The van der Waals surface area contributed by atoms with Gasteiger partial charge < -0.3 is 10.6 Å². The number of nitrogens with two attached hydrogens (primary N) is 1. The van der Waals surface area contributed by atoms with E-state index < -0.39 is 0 Å². The molecular formula is C13H25N3O. The van der Waals surface area contributed by atoms with Crippen LogP contribution in [0.5, 0.6) is 0 Å². The molecule has 0 radical (unpaired) electrons. The Kier molecular flexibility index (Phi) is 4.05. The van der Waals surface area contributed by atoms with E-state index in [1.807, 2.05) is 4.90 Å². The fourth-order valence-electron chi connectivity index (χ4n) is 2.46. The zero-order valence-electron chi connectivity index (χ0n) is 11.1. The average Bonchev–Trinajstić information content (AvgIpc) is 3.20. The predicted molar refractivity (Wildman–Crippen MR) is 68.6 cm³/mol. The molecule has 4 heteroatoms. The van der Waals surface area contributed by atoms with E-state index in [4.69, 9.17) is 5.73 Å². The Hall–Kier alpha value is -0.610. The fourth-order valence-corrected chi connectivity index (χ4v) is 2.46. The summed E-state index contributed by atoms with van der Waals surface area (Å²) >= 11 is 0. The van der Waals surface area contributed by atoms with Gasteiger partial charge in [-0.15, -0.1) is 0 Å². The van der Waals surface area contributed by atoms with E-state index in [1.165, 1.54) is 12.8 Å². The minimum absolute atomic E-state index is 0.148. The Morgan fingerprint density at radius 1 is 1.29 bits per heavy atom. The molecule has 2 N–H and O–H groups in total. The van der Waals surface area contributed by atoms with Gasteiger partial charge in [-0.1, -0.05) is 20.3 Å². The van der Waals surface area contributed by atoms with Crippen molar-refractivity contribution in [3.05, 3.63) is 0 Å². The van der Waals surface area contributed by atoms with Crippen molar-refractivity contribution in [2.75, 3.05) is 26.2 Å². The van der Waals surface area contributed by atoms with Gasteiger partial charge in [-0.3, -0.25) is 9.69 Å². The lowest BCUT2D eigenvalue weighted by molar-refractivity contribution is -0.135. The average molecular weight is 239 g/mol. The molecule has 2 rings (SSSR count). The quantitative estimate of drug-likeness (QED) is 0.784. The summed E-state index contributed by atoms with van der Waals surface area (Å²) in [5, 5.41) is 0. The third kappa shape index (κ3) is 2.99. The number of hydrogen-bond acceptors (Lipinski definition) is 3. The van der Waals surface area contributed by atoms with E-state index in [-0.39, 0.29) is 17.9 Å². The van der Waals surface area contributed by atoms with Crippen LogP contribution in [0.2, 0.25) is 0 Å². The zero-order valence-corrected chi connectivity index (χ0v) is 11.1. The van der Waals surface area contributed by atoms with Gasteiger partial charge in [0, 0.05) is 32.2 Å². The molecule has 4 nitrogen and oxygen atoms in total. The first kappa shape index (κ1) is 12.8. The van der Waals surface area contributed by atoms with Gasteiger partial charge >= 0.3 is 0 Å². The Balaban J connectivity index is 1.80. The zero-order chi connectivity index (χ0) is 12.4. The molecule has 0 aromatic carbocycles. The Morgan fingerprint density at radius 3 is 2.35 bits per heavy atom. The molecule has 1 aliphatic heterocycles. The van der Waals surface area contributed by atoms with E-state index in [0.717, 1.165) is 38.6 Å². The standard InChI is InChI=1S/C13H25N3O/c1-3-10(2)12(14)13(17)16-8-6-15(7-9-16)11-4-5-11/h10-12H,3-9,14H2,1-2H3/t10?,12-/m0/s1. The normalized spacial score (nSPS) is 25.7. The summed E-state index contributed by atoms with van der Waals surface area (Å²) < 4.78 is 0. The second kappa shape index (κ2) is 5.36. The molecule has 0 bridgehead atoms. The summed E-state index contributed by atoms with van der Waals surface area (Å²) in [6.07, 6.45) is 3.66. The Labute approximate surface area is 104 Å². The molecule has 1 saturated carbocycles. The van der Waals surface area contributed by atoms with Crippen LogP contribution in [0.1, 0.15) is 33.1 Å². The molecule has 1 heterocycles. The highest BCUT2D eigenvalue weighted by Gasteiger charge is 2.33. The lowest BCUT2D eigenvalue weighted by Gasteiger charge is -2.36. The van der Waals surface area contributed by atoms with E-state index >= 15 is 0 Å². The van der Waals surface area contributed by atoms with Crippen LogP contribution >= 0.6 is 0 Å². The third-order valence-corrected chi connectivity index (χ3v) is 4.23. The van der Waals surface area contributed by atoms with Crippen molar-refractivity contribution in [3.8, 4) is 0 Å². The molecule has 2 fully saturated rings. The third-order valence-electron chi connectivity index (χ3n) is 4.23. The summed E-state index contributed by atoms with van der Waals surface area (Å²) in [6.45, 7) is 7.93. The smallest absolute Gasteiger partial charge is 0.239 e. The number of piperazine rings is 1.